The van der Waals surface area contributed by atoms with E-state index in [0.29, 0.717) is 0 Å². The fourth-order valence-corrected chi connectivity index (χ4v) is 1.05. The third kappa shape index (κ3) is 18.5. The first-order valence-electron chi connectivity index (χ1n) is 5.24. The monoisotopic (exact) mass is 187 g/mol. The van der Waals surface area contributed by atoms with E-state index in [9.17, 15) is 4.79 Å². The molecule has 13 heavy (non-hydrogen) atoms. The van der Waals surface area contributed by atoms with Gasteiger partial charge in [-0.3, -0.25) is 0 Å². The highest BCUT2D eigenvalue weighted by Crippen LogP contribution is 2.12. The molecular formula is C11H25NO. The summed E-state index contributed by atoms with van der Waals surface area (Å²) in [5.74, 6) is 0.741. The van der Waals surface area contributed by atoms with E-state index in [1.165, 1.54) is 19.3 Å². The molecule has 0 saturated heterocycles. The quantitative estimate of drug-likeness (QED) is 0.648. The second kappa shape index (κ2) is 14.2. The van der Waals surface area contributed by atoms with Crippen molar-refractivity contribution in [3.8, 4) is 0 Å². The van der Waals surface area contributed by atoms with Gasteiger partial charge in [-0.15, -0.1) is 0 Å². The molecule has 0 aromatic heterocycles. The van der Waals surface area contributed by atoms with Crippen LogP contribution in [-0.4, -0.2) is 20.4 Å². The number of hydrogen-bond acceptors (Lipinski definition) is 2. The molecule has 0 aliphatic rings. The van der Waals surface area contributed by atoms with Gasteiger partial charge in [-0.2, -0.15) is 0 Å². The Morgan fingerprint density at radius 3 is 2.23 bits per heavy atom. The highest BCUT2D eigenvalue weighted by atomic mass is 16.1. The van der Waals surface area contributed by atoms with Crippen LogP contribution in [0.2, 0.25) is 0 Å². The summed E-state index contributed by atoms with van der Waals surface area (Å²) in [6, 6.07) is 0. The van der Waals surface area contributed by atoms with E-state index in [2.05, 4.69) is 19.2 Å². The lowest BCUT2D eigenvalue weighted by atomic mass is 10.00. The van der Waals surface area contributed by atoms with Crippen LogP contribution in [0.4, 0.5) is 0 Å². The molecule has 0 heterocycles. The Labute approximate surface area is 83.1 Å². The van der Waals surface area contributed by atoms with Gasteiger partial charge in [0.1, 0.15) is 6.29 Å². The van der Waals surface area contributed by atoms with Crippen molar-refractivity contribution in [3.63, 3.8) is 0 Å². The Morgan fingerprint density at radius 2 is 1.85 bits per heavy atom. The average Bonchev–Trinajstić information content (AvgIpc) is 2.12. The van der Waals surface area contributed by atoms with E-state index in [1.54, 1.807) is 0 Å². The van der Waals surface area contributed by atoms with Crippen LogP contribution in [0.25, 0.3) is 0 Å². The highest BCUT2D eigenvalue weighted by molar-refractivity contribution is 5.49. The molecule has 0 radical (unpaired) electrons. The molecule has 0 amide bonds. The largest absolute Gasteiger partial charge is 0.323 e. The summed E-state index contributed by atoms with van der Waals surface area (Å²) in [5.41, 5.74) is 0. The van der Waals surface area contributed by atoms with Crippen molar-refractivity contribution in [2.75, 3.05) is 14.1 Å². The molecule has 1 atom stereocenters. The average molecular weight is 187 g/mol. The maximum absolute atomic E-state index is 9.98. The van der Waals surface area contributed by atoms with Crippen molar-refractivity contribution in [1.29, 1.82) is 0 Å². The molecule has 0 aromatic rings. The van der Waals surface area contributed by atoms with E-state index in [1.807, 2.05) is 14.1 Å². The van der Waals surface area contributed by atoms with Gasteiger partial charge in [0.2, 0.25) is 0 Å². The minimum Gasteiger partial charge on any atom is -0.323 e. The Morgan fingerprint density at radius 1 is 1.31 bits per heavy atom. The fourth-order valence-electron chi connectivity index (χ4n) is 1.05. The molecule has 0 saturated carbocycles. The minimum absolute atomic E-state index is 0.741. The molecule has 0 aliphatic carbocycles. The summed E-state index contributed by atoms with van der Waals surface area (Å²) in [5, 5.41) is 2.75. The van der Waals surface area contributed by atoms with Gasteiger partial charge in [0, 0.05) is 6.42 Å². The Balaban J connectivity index is 0. The molecule has 0 spiro atoms. The van der Waals surface area contributed by atoms with Gasteiger partial charge >= 0.3 is 0 Å². The summed E-state index contributed by atoms with van der Waals surface area (Å²) < 4.78 is 0. The van der Waals surface area contributed by atoms with E-state index in [0.717, 1.165) is 25.0 Å². The van der Waals surface area contributed by atoms with Gasteiger partial charge < -0.3 is 10.1 Å². The summed E-state index contributed by atoms with van der Waals surface area (Å²) in [7, 11) is 3.75. The summed E-state index contributed by atoms with van der Waals surface area (Å²) in [6.07, 6.45) is 6.69. The molecule has 1 unspecified atom stereocenters. The third-order valence-corrected chi connectivity index (χ3v) is 1.83. The zero-order valence-electron chi connectivity index (χ0n) is 9.60. The number of rotatable bonds is 6. The van der Waals surface area contributed by atoms with Crippen LogP contribution in [-0.2, 0) is 4.79 Å². The molecule has 0 rings (SSSR count). The number of carbonyl (C=O) groups excluding carboxylic acids is 1. The number of carbonyl (C=O) groups is 1. The van der Waals surface area contributed by atoms with E-state index >= 15 is 0 Å². The predicted octanol–water partition coefficient (Wildman–Crippen LogP) is 2.63. The molecule has 0 aromatic carbocycles. The Hall–Kier alpha value is -0.370. The van der Waals surface area contributed by atoms with E-state index < -0.39 is 0 Å². The van der Waals surface area contributed by atoms with Crippen LogP contribution in [0.15, 0.2) is 0 Å². The van der Waals surface area contributed by atoms with Crippen LogP contribution >= 0.6 is 0 Å². The Bertz CT molecular complexity index is 94.1. The smallest absolute Gasteiger partial charge is 0.120 e. The van der Waals surface area contributed by atoms with Gasteiger partial charge in [-0.25, -0.2) is 0 Å². The zero-order valence-corrected chi connectivity index (χ0v) is 9.60. The lowest BCUT2D eigenvalue weighted by Gasteiger charge is -2.06. The summed E-state index contributed by atoms with van der Waals surface area (Å²) in [4.78, 5) is 9.98. The number of aldehydes is 1. The van der Waals surface area contributed by atoms with Crippen LogP contribution < -0.4 is 5.32 Å². The topological polar surface area (TPSA) is 29.1 Å². The van der Waals surface area contributed by atoms with Crippen molar-refractivity contribution in [3.05, 3.63) is 0 Å². The van der Waals surface area contributed by atoms with E-state index in [4.69, 9.17) is 0 Å². The number of nitrogens with one attached hydrogen (secondary N) is 1. The number of unbranched alkanes of at least 4 members (excludes halogenated alkanes) is 1. The molecule has 2 heteroatoms. The van der Waals surface area contributed by atoms with Gasteiger partial charge in [0.15, 0.2) is 0 Å². The standard InChI is InChI=1S/C9H18O.C2H7N/c1-3-4-6-9(2)7-5-8-10;1-3-2/h8-9H,3-7H2,1-2H3;3H,1-2H3. The maximum Gasteiger partial charge on any atom is 0.120 e. The lowest BCUT2D eigenvalue weighted by Crippen LogP contribution is -1.94. The predicted molar refractivity (Wildman–Crippen MR) is 59.0 cm³/mol. The van der Waals surface area contributed by atoms with Gasteiger partial charge in [0.25, 0.3) is 0 Å². The number of hydrogen-bond donors (Lipinski definition) is 1. The minimum atomic E-state index is 0.741. The van der Waals surface area contributed by atoms with Gasteiger partial charge in [0.05, 0.1) is 0 Å². The van der Waals surface area contributed by atoms with Crippen molar-refractivity contribution in [2.45, 2.75) is 46.0 Å². The van der Waals surface area contributed by atoms with E-state index in [-0.39, 0.29) is 0 Å². The second-order valence-corrected chi connectivity index (χ2v) is 3.49. The first-order chi connectivity index (χ1) is 6.22. The van der Waals surface area contributed by atoms with Crippen molar-refractivity contribution < 1.29 is 4.79 Å². The molecule has 1 N–H and O–H groups in total. The molecule has 80 valence electrons. The molecule has 0 fully saturated rings. The van der Waals surface area contributed by atoms with Crippen LogP contribution in [0.5, 0.6) is 0 Å². The van der Waals surface area contributed by atoms with Crippen molar-refractivity contribution in [1.82, 2.24) is 5.32 Å². The third-order valence-electron chi connectivity index (χ3n) is 1.83. The molecule has 0 aliphatic heterocycles. The first kappa shape index (κ1) is 15.1. The van der Waals surface area contributed by atoms with Crippen LogP contribution in [0.3, 0.4) is 0 Å². The van der Waals surface area contributed by atoms with Crippen molar-refractivity contribution in [2.24, 2.45) is 5.92 Å². The van der Waals surface area contributed by atoms with Gasteiger partial charge in [-0.05, 0) is 26.4 Å². The molecule has 0 bridgehead atoms. The second-order valence-electron chi connectivity index (χ2n) is 3.49. The van der Waals surface area contributed by atoms with Crippen LogP contribution in [0.1, 0.15) is 46.0 Å². The summed E-state index contributed by atoms with van der Waals surface area (Å²) in [6.45, 7) is 4.42. The van der Waals surface area contributed by atoms with Crippen LogP contribution in [0, 0.1) is 5.92 Å². The molecule has 2 nitrogen and oxygen atoms in total. The highest BCUT2D eigenvalue weighted by Gasteiger charge is 1.99. The van der Waals surface area contributed by atoms with Crippen molar-refractivity contribution >= 4 is 6.29 Å². The van der Waals surface area contributed by atoms with Gasteiger partial charge in [-0.1, -0.05) is 33.1 Å². The molecular weight excluding hydrogens is 162 g/mol. The first-order valence-corrected chi connectivity index (χ1v) is 5.24. The fraction of sp³-hybridized carbons (Fsp3) is 0.909. The Kier molecular flexibility index (Phi) is 16.5. The lowest BCUT2D eigenvalue weighted by molar-refractivity contribution is -0.108. The maximum atomic E-state index is 9.98. The SMILES string of the molecule is CCCCC(C)CCC=O.CNC. The normalized spacial score (nSPS) is 11.4. The zero-order chi connectivity index (χ0) is 10.5. The summed E-state index contributed by atoms with van der Waals surface area (Å²) >= 11 is 0.